The van der Waals surface area contributed by atoms with E-state index in [0.717, 1.165) is 53.4 Å². The van der Waals surface area contributed by atoms with Crippen LogP contribution in [0.2, 0.25) is 0 Å². The highest BCUT2D eigenvalue weighted by Crippen LogP contribution is 2.45. The highest BCUT2D eigenvalue weighted by atomic mass is 16.5. The van der Waals surface area contributed by atoms with Gasteiger partial charge in [0.25, 0.3) is 0 Å². The molecule has 1 aliphatic rings. The zero-order chi connectivity index (χ0) is 19.4. The van der Waals surface area contributed by atoms with E-state index in [2.05, 4.69) is 26.8 Å². The monoisotopic (exact) mass is 368 g/mol. The zero-order valence-corrected chi connectivity index (χ0v) is 16.8. The van der Waals surface area contributed by atoms with Crippen molar-refractivity contribution in [2.75, 3.05) is 20.8 Å². The Morgan fingerprint density at radius 2 is 1.63 bits per heavy atom. The number of methoxy groups -OCH3 is 2. The van der Waals surface area contributed by atoms with Gasteiger partial charge in [-0.05, 0) is 67.8 Å². The van der Waals surface area contributed by atoms with E-state index in [-0.39, 0.29) is 0 Å². The molecule has 2 aromatic rings. The predicted molar refractivity (Wildman–Crippen MR) is 108 cm³/mol. The number of rotatable bonds is 7. The Labute approximate surface area is 161 Å². The molecule has 144 valence electrons. The standard InChI is InChI=1S/C23H28O4/c1-6-12-26-18-10-8-16(9-11-18)20-13-17-14-21(24-4)22(25-5)15-19(17)23(3,7-2)27-20/h8-11,13-15H,6-7,12H2,1-5H3. The van der Waals surface area contributed by atoms with Gasteiger partial charge in [-0.25, -0.2) is 0 Å². The van der Waals surface area contributed by atoms with Crippen LogP contribution >= 0.6 is 0 Å². The molecule has 0 spiro atoms. The van der Waals surface area contributed by atoms with Gasteiger partial charge in [0.1, 0.15) is 17.1 Å². The number of benzene rings is 2. The Morgan fingerprint density at radius 1 is 0.963 bits per heavy atom. The number of fused-ring (bicyclic) bond motifs is 1. The van der Waals surface area contributed by atoms with Crippen LogP contribution in [-0.4, -0.2) is 20.8 Å². The molecule has 3 rings (SSSR count). The van der Waals surface area contributed by atoms with Gasteiger partial charge >= 0.3 is 0 Å². The second-order valence-electron chi connectivity index (χ2n) is 6.86. The van der Waals surface area contributed by atoms with Crippen LogP contribution in [0.4, 0.5) is 0 Å². The number of ether oxygens (including phenoxy) is 4. The fraction of sp³-hybridized carbons (Fsp3) is 0.391. The first-order chi connectivity index (χ1) is 13.0. The lowest BCUT2D eigenvalue weighted by atomic mass is 9.85. The van der Waals surface area contributed by atoms with E-state index in [0.29, 0.717) is 5.75 Å². The fourth-order valence-electron chi connectivity index (χ4n) is 3.28. The van der Waals surface area contributed by atoms with E-state index >= 15 is 0 Å². The minimum atomic E-state index is -0.434. The summed E-state index contributed by atoms with van der Waals surface area (Å²) in [7, 11) is 3.31. The molecule has 0 saturated heterocycles. The van der Waals surface area contributed by atoms with Gasteiger partial charge in [0, 0.05) is 11.1 Å². The molecular formula is C23H28O4. The van der Waals surface area contributed by atoms with Crippen molar-refractivity contribution < 1.29 is 18.9 Å². The van der Waals surface area contributed by atoms with Crippen molar-refractivity contribution in [2.45, 2.75) is 39.2 Å². The summed E-state index contributed by atoms with van der Waals surface area (Å²) in [6, 6.07) is 12.1. The van der Waals surface area contributed by atoms with E-state index in [9.17, 15) is 0 Å². The molecular weight excluding hydrogens is 340 g/mol. The van der Waals surface area contributed by atoms with Gasteiger partial charge < -0.3 is 18.9 Å². The third-order valence-corrected chi connectivity index (χ3v) is 5.03. The minimum Gasteiger partial charge on any atom is -0.494 e. The molecule has 4 heteroatoms. The van der Waals surface area contributed by atoms with Crippen LogP contribution in [0.5, 0.6) is 17.2 Å². The maximum absolute atomic E-state index is 6.45. The molecule has 1 heterocycles. The van der Waals surface area contributed by atoms with Crippen molar-refractivity contribution in [1.82, 2.24) is 0 Å². The Bertz CT molecular complexity index is 823. The zero-order valence-electron chi connectivity index (χ0n) is 16.8. The van der Waals surface area contributed by atoms with Crippen LogP contribution in [0.25, 0.3) is 11.8 Å². The summed E-state index contributed by atoms with van der Waals surface area (Å²) in [6.45, 7) is 7.07. The molecule has 4 nitrogen and oxygen atoms in total. The topological polar surface area (TPSA) is 36.9 Å². The molecule has 2 aromatic carbocycles. The largest absolute Gasteiger partial charge is 0.494 e. The molecule has 0 aromatic heterocycles. The molecule has 0 saturated carbocycles. The summed E-state index contributed by atoms with van der Waals surface area (Å²) in [5.41, 5.74) is 2.79. The number of hydrogen-bond acceptors (Lipinski definition) is 4. The highest BCUT2D eigenvalue weighted by molar-refractivity contribution is 5.82. The van der Waals surface area contributed by atoms with Gasteiger partial charge in [0.15, 0.2) is 11.5 Å². The summed E-state index contributed by atoms with van der Waals surface area (Å²) in [5.74, 6) is 3.16. The molecule has 1 atom stereocenters. The molecule has 0 bridgehead atoms. The SMILES string of the molecule is CCCOc1ccc(C2=Cc3cc(OC)c(OC)cc3C(C)(CC)O2)cc1. The summed E-state index contributed by atoms with van der Waals surface area (Å²) < 4.78 is 23.1. The van der Waals surface area contributed by atoms with E-state index < -0.39 is 5.60 Å². The summed E-state index contributed by atoms with van der Waals surface area (Å²) in [6.07, 6.45) is 3.90. The first-order valence-electron chi connectivity index (χ1n) is 9.45. The maximum Gasteiger partial charge on any atom is 0.161 e. The van der Waals surface area contributed by atoms with Crippen LogP contribution in [0.15, 0.2) is 36.4 Å². The molecule has 0 radical (unpaired) electrons. The second kappa shape index (κ2) is 7.95. The summed E-state index contributed by atoms with van der Waals surface area (Å²) >= 11 is 0. The van der Waals surface area contributed by atoms with Gasteiger partial charge in [-0.3, -0.25) is 0 Å². The van der Waals surface area contributed by atoms with Crippen LogP contribution in [0, 0.1) is 0 Å². The van der Waals surface area contributed by atoms with Gasteiger partial charge in [0.2, 0.25) is 0 Å². The first-order valence-corrected chi connectivity index (χ1v) is 9.45. The lowest BCUT2D eigenvalue weighted by molar-refractivity contribution is 0.0485. The lowest BCUT2D eigenvalue weighted by Crippen LogP contribution is -2.28. The fourth-order valence-corrected chi connectivity index (χ4v) is 3.28. The summed E-state index contributed by atoms with van der Waals surface area (Å²) in [4.78, 5) is 0. The summed E-state index contributed by atoms with van der Waals surface area (Å²) in [5, 5.41) is 0. The highest BCUT2D eigenvalue weighted by Gasteiger charge is 2.34. The lowest BCUT2D eigenvalue weighted by Gasteiger charge is -2.36. The average Bonchev–Trinajstić information content (AvgIpc) is 2.71. The van der Waals surface area contributed by atoms with Crippen molar-refractivity contribution in [3.05, 3.63) is 53.1 Å². The minimum absolute atomic E-state index is 0.434. The van der Waals surface area contributed by atoms with E-state index in [1.807, 2.05) is 36.4 Å². The second-order valence-corrected chi connectivity index (χ2v) is 6.86. The maximum atomic E-state index is 6.45. The molecule has 0 aliphatic carbocycles. The van der Waals surface area contributed by atoms with Crippen LogP contribution in [-0.2, 0) is 10.3 Å². The Kier molecular flexibility index (Phi) is 5.64. The van der Waals surface area contributed by atoms with E-state index in [4.69, 9.17) is 18.9 Å². The molecule has 0 amide bonds. The van der Waals surface area contributed by atoms with Crippen molar-refractivity contribution >= 4 is 11.8 Å². The van der Waals surface area contributed by atoms with Crippen molar-refractivity contribution in [2.24, 2.45) is 0 Å². The van der Waals surface area contributed by atoms with Crippen molar-refractivity contribution in [3.8, 4) is 17.2 Å². The van der Waals surface area contributed by atoms with Crippen LogP contribution in [0.1, 0.15) is 50.3 Å². The Hall–Kier alpha value is -2.62. The normalized spacial score (nSPS) is 18.2. The average molecular weight is 368 g/mol. The molecule has 27 heavy (non-hydrogen) atoms. The van der Waals surface area contributed by atoms with Crippen LogP contribution in [0.3, 0.4) is 0 Å². The third kappa shape index (κ3) is 3.75. The predicted octanol–water partition coefficient (Wildman–Crippen LogP) is 5.65. The van der Waals surface area contributed by atoms with Gasteiger partial charge in [-0.2, -0.15) is 0 Å². The van der Waals surface area contributed by atoms with Gasteiger partial charge in [-0.1, -0.05) is 13.8 Å². The molecule has 1 aliphatic heterocycles. The quantitative estimate of drug-likeness (QED) is 0.633. The van der Waals surface area contributed by atoms with Gasteiger partial charge in [0.05, 0.1) is 20.8 Å². The van der Waals surface area contributed by atoms with Crippen molar-refractivity contribution in [1.29, 1.82) is 0 Å². The molecule has 0 fully saturated rings. The van der Waals surface area contributed by atoms with Gasteiger partial charge in [-0.15, -0.1) is 0 Å². The van der Waals surface area contributed by atoms with E-state index in [1.165, 1.54) is 0 Å². The Balaban J connectivity index is 2.02. The van der Waals surface area contributed by atoms with Crippen LogP contribution < -0.4 is 14.2 Å². The first kappa shape index (κ1) is 19.2. The third-order valence-electron chi connectivity index (χ3n) is 5.03. The Morgan fingerprint density at radius 3 is 2.22 bits per heavy atom. The molecule has 0 N–H and O–H groups in total. The van der Waals surface area contributed by atoms with Crippen molar-refractivity contribution in [3.63, 3.8) is 0 Å². The smallest absolute Gasteiger partial charge is 0.161 e. The van der Waals surface area contributed by atoms with E-state index in [1.54, 1.807) is 14.2 Å². The molecule has 1 unspecified atom stereocenters. The number of hydrogen-bond donors (Lipinski definition) is 0.